The molecule has 0 saturated carbocycles. The van der Waals surface area contributed by atoms with Crippen LogP contribution in [0.2, 0.25) is 5.02 Å². The van der Waals surface area contributed by atoms with Gasteiger partial charge in [0.2, 0.25) is 0 Å². The van der Waals surface area contributed by atoms with Gasteiger partial charge in [-0.25, -0.2) is 8.42 Å². The van der Waals surface area contributed by atoms with Gasteiger partial charge in [0, 0.05) is 37.0 Å². The number of rotatable bonds is 7. The molecule has 2 aromatic rings. The Hall–Kier alpha value is -2.25. The van der Waals surface area contributed by atoms with E-state index >= 15 is 0 Å². The second-order valence-electron chi connectivity index (χ2n) is 6.34. The molecule has 0 heterocycles. The van der Waals surface area contributed by atoms with Gasteiger partial charge in [-0.2, -0.15) is 0 Å². The Morgan fingerprint density at radius 1 is 1.14 bits per heavy atom. The maximum Gasteiger partial charge on any atom is 0.191 e. The van der Waals surface area contributed by atoms with E-state index in [1.54, 1.807) is 32.2 Å². The molecule has 0 aliphatic rings. The van der Waals surface area contributed by atoms with Crippen molar-refractivity contribution < 1.29 is 13.2 Å². The lowest BCUT2D eigenvalue weighted by Crippen LogP contribution is -2.36. The second-order valence-corrected chi connectivity index (χ2v) is 8.76. The van der Waals surface area contributed by atoms with E-state index < -0.39 is 9.84 Å². The predicted octanol–water partition coefficient (Wildman–Crippen LogP) is 3.32. The largest absolute Gasteiger partial charge is 0.493 e. The van der Waals surface area contributed by atoms with E-state index in [1.165, 1.54) is 6.26 Å². The summed E-state index contributed by atoms with van der Waals surface area (Å²) in [6.45, 7) is 5.32. The van der Waals surface area contributed by atoms with E-state index in [9.17, 15) is 8.42 Å². The zero-order chi connectivity index (χ0) is 20.7. The van der Waals surface area contributed by atoms with E-state index in [0.29, 0.717) is 35.6 Å². The Morgan fingerprint density at radius 2 is 1.86 bits per heavy atom. The lowest BCUT2D eigenvalue weighted by molar-refractivity contribution is 0.336. The number of hydrogen-bond acceptors (Lipinski definition) is 4. The quantitative estimate of drug-likeness (QED) is 0.527. The highest BCUT2D eigenvalue weighted by atomic mass is 35.5. The fraction of sp³-hybridized carbons (Fsp3) is 0.350. The van der Waals surface area contributed by atoms with E-state index in [1.807, 2.05) is 25.1 Å². The first-order valence-electron chi connectivity index (χ1n) is 8.90. The third-order valence-corrected chi connectivity index (χ3v) is 5.59. The van der Waals surface area contributed by atoms with Gasteiger partial charge in [-0.15, -0.1) is 0 Å². The van der Waals surface area contributed by atoms with Crippen LogP contribution in [0.5, 0.6) is 5.75 Å². The average Bonchev–Trinajstić information content (AvgIpc) is 2.62. The molecule has 0 amide bonds. The summed E-state index contributed by atoms with van der Waals surface area (Å²) in [4.78, 5) is 4.57. The molecule has 0 spiro atoms. The van der Waals surface area contributed by atoms with Crippen LogP contribution in [-0.2, 0) is 22.9 Å². The average molecular weight is 424 g/mol. The smallest absolute Gasteiger partial charge is 0.191 e. The minimum atomic E-state index is -3.22. The highest BCUT2D eigenvalue weighted by Gasteiger charge is 2.11. The molecule has 0 unspecified atom stereocenters. The van der Waals surface area contributed by atoms with Crippen molar-refractivity contribution in [2.75, 3.05) is 19.9 Å². The van der Waals surface area contributed by atoms with Crippen LogP contribution in [0.4, 0.5) is 0 Å². The standard InChI is InChI=1S/C20H26ClN3O3S/c1-5-27-18-11-17(21)8-7-16(18)13-24-20(22-3)23-12-15-6-9-19(14(2)10-15)28(4,25)26/h6-11H,5,12-13H2,1-4H3,(H2,22,23,24). The molecule has 152 valence electrons. The summed E-state index contributed by atoms with van der Waals surface area (Å²) in [6, 6.07) is 10.8. The molecule has 6 nitrogen and oxygen atoms in total. The third-order valence-electron chi connectivity index (χ3n) is 4.10. The topological polar surface area (TPSA) is 79.8 Å². The summed E-state index contributed by atoms with van der Waals surface area (Å²) in [5.74, 6) is 1.37. The molecule has 0 aliphatic carbocycles. The fourth-order valence-corrected chi connectivity index (χ4v) is 3.91. The van der Waals surface area contributed by atoms with Crippen molar-refractivity contribution in [3.05, 3.63) is 58.1 Å². The van der Waals surface area contributed by atoms with E-state index in [4.69, 9.17) is 16.3 Å². The van der Waals surface area contributed by atoms with Gasteiger partial charge in [-0.1, -0.05) is 29.8 Å². The molecule has 0 bridgehead atoms. The van der Waals surface area contributed by atoms with Crippen LogP contribution in [0.1, 0.15) is 23.6 Å². The Morgan fingerprint density at radius 3 is 2.46 bits per heavy atom. The number of aliphatic imine (C=N–C) groups is 1. The minimum Gasteiger partial charge on any atom is -0.493 e. The molecule has 2 N–H and O–H groups in total. The number of sulfone groups is 1. The molecule has 2 rings (SSSR count). The van der Waals surface area contributed by atoms with E-state index in [0.717, 1.165) is 22.4 Å². The first-order valence-corrected chi connectivity index (χ1v) is 11.2. The maximum absolute atomic E-state index is 11.7. The van der Waals surface area contributed by atoms with Gasteiger partial charge in [0.15, 0.2) is 15.8 Å². The molecule has 8 heteroatoms. The Labute approximate surface area is 171 Å². The monoisotopic (exact) mass is 423 g/mol. The Kier molecular flexibility index (Phi) is 7.71. The molecule has 0 aromatic heterocycles. The van der Waals surface area contributed by atoms with E-state index in [-0.39, 0.29) is 0 Å². The molecule has 2 aromatic carbocycles. The predicted molar refractivity (Wildman–Crippen MR) is 114 cm³/mol. The molecule has 0 atom stereocenters. The van der Waals surface area contributed by atoms with Gasteiger partial charge in [-0.3, -0.25) is 4.99 Å². The van der Waals surface area contributed by atoms with Gasteiger partial charge < -0.3 is 15.4 Å². The van der Waals surface area contributed by atoms with Crippen molar-refractivity contribution >= 4 is 27.4 Å². The lowest BCUT2D eigenvalue weighted by Gasteiger charge is -2.15. The normalized spacial score (nSPS) is 12.0. The summed E-state index contributed by atoms with van der Waals surface area (Å²) < 4.78 is 29.1. The molecule has 0 radical (unpaired) electrons. The van der Waals surface area contributed by atoms with Crippen molar-refractivity contribution in [2.45, 2.75) is 31.8 Å². The van der Waals surface area contributed by atoms with Crippen LogP contribution in [-0.4, -0.2) is 34.3 Å². The van der Waals surface area contributed by atoms with Crippen molar-refractivity contribution in [1.29, 1.82) is 0 Å². The Bertz CT molecular complexity index is 959. The van der Waals surface area contributed by atoms with Crippen molar-refractivity contribution in [3.8, 4) is 5.75 Å². The van der Waals surface area contributed by atoms with Gasteiger partial charge in [-0.05, 0) is 43.2 Å². The highest BCUT2D eigenvalue weighted by molar-refractivity contribution is 7.90. The zero-order valence-electron chi connectivity index (χ0n) is 16.5. The highest BCUT2D eigenvalue weighted by Crippen LogP contribution is 2.23. The third kappa shape index (κ3) is 6.14. The first kappa shape index (κ1) is 22.0. The van der Waals surface area contributed by atoms with Crippen LogP contribution < -0.4 is 15.4 Å². The van der Waals surface area contributed by atoms with Crippen LogP contribution >= 0.6 is 11.6 Å². The van der Waals surface area contributed by atoms with Crippen molar-refractivity contribution in [2.24, 2.45) is 4.99 Å². The van der Waals surface area contributed by atoms with Gasteiger partial charge >= 0.3 is 0 Å². The van der Waals surface area contributed by atoms with Crippen LogP contribution in [0, 0.1) is 6.92 Å². The molecule has 0 aliphatic heterocycles. The number of halogens is 1. The van der Waals surface area contributed by atoms with Crippen LogP contribution in [0.15, 0.2) is 46.3 Å². The molecule has 0 saturated heterocycles. The first-order chi connectivity index (χ1) is 13.2. The maximum atomic E-state index is 11.7. The minimum absolute atomic E-state index is 0.352. The van der Waals surface area contributed by atoms with E-state index in [2.05, 4.69) is 15.6 Å². The second kappa shape index (κ2) is 9.80. The summed E-state index contributed by atoms with van der Waals surface area (Å²) in [5, 5.41) is 7.10. The van der Waals surface area contributed by atoms with Gasteiger partial charge in [0.1, 0.15) is 5.75 Å². The Balaban J connectivity index is 2.00. The number of guanidine groups is 1. The van der Waals surface area contributed by atoms with Crippen LogP contribution in [0.25, 0.3) is 0 Å². The van der Waals surface area contributed by atoms with Crippen LogP contribution in [0.3, 0.4) is 0 Å². The van der Waals surface area contributed by atoms with Gasteiger partial charge in [0.25, 0.3) is 0 Å². The lowest BCUT2D eigenvalue weighted by atomic mass is 10.1. The number of nitrogens with zero attached hydrogens (tertiary/aromatic N) is 1. The summed E-state index contributed by atoms with van der Waals surface area (Å²) in [5.41, 5.74) is 2.67. The number of hydrogen-bond donors (Lipinski definition) is 2. The number of benzene rings is 2. The molecular weight excluding hydrogens is 398 g/mol. The number of aryl methyl sites for hydroxylation is 1. The summed E-state index contributed by atoms with van der Waals surface area (Å²) in [7, 11) is -1.52. The molecular formula is C20H26ClN3O3S. The van der Waals surface area contributed by atoms with Crippen molar-refractivity contribution in [3.63, 3.8) is 0 Å². The summed E-state index contributed by atoms with van der Waals surface area (Å²) in [6.07, 6.45) is 1.21. The summed E-state index contributed by atoms with van der Waals surface area (Å²) >= 11 is 6.04. The fourth-order valence-electron chi connectivity index (χ4n) is 2.79. The number of ether oxygens (including phenoxy) is 1. The van der Waals surface area contributed by atoms with Crippen molar-refractivity contribution in [1.82, 2.24) is 10.6 Å². The number of nitrogens with one attached hydrogen (secondary N) is 2. The SMILES string of the molecule is CCOc1cc(Cl)ccc1CNC(=NC)NCc1ccc(S(C)(=O)=O)c(C)c1. The molecule has 0 fully saturated rings. The molecule has 28 heavy (non-hydrogen) atoms. The zero-order valence-corrected chi connectivity index (χ0v) is 18.1. The van der Waals surface area contributed by atoms with Gasteiger partial charge in [0.05, 0.1) is 11.5 Å².